The van der Waals surface area contributed by atoms with Gasteiger partial charge in [-0.2, -0.15) is 0 Å². The number of nitrogens with two attached hydrogens (primary N) is 1. The predicted octanol–water partition coefficient (Wildman–Crippen LogP) is 4.33. The molecule has 0 heterocycles. The third-order valence-corrected chi connectivity index (χ3v) is 4.54. The maximum absolute atomic E-state index is 5.67. The van der Waals surface area contributed by atoms with Crippen LogP contribution in [0.15, 0.2) is 0 Å². The molecule has 19 heavy (non-hydrogen) atoms. The molecular weight excluding hydrogens is 232 g/mol. The number of rotatable bonds is 12. The molecule has 1 aliphatic carbocycles. The molecule has 0 aliphatic heterocycles. The Balaban J connectivity index is 2.06. The molecule has 1 saturated carbocycles. The standard InChI is InChI=1S/C17H36N2/c1-2-3-4-5-6-7-10-15-19(16-11-14-18)17-12-8-9-13-17/h17H,2-16,18H2,1H3. The van der Waals surface area contributed by atoms with Gasteiger partial charge < -0.3 is 10.6 Å². The zero-order chi connectivity index (χ0) is 13.8. The third kappa shape index (κ3) is 7.94. The van der Waals surface area contributed by atoms with Crippen molar-refractivity contribution in [2.45, 2.75) is 90.0 Å². The fourth-order valence-electron chi connectivity index (χ4n) is 3.31. The molecule has 0 radical (unpaired) electrons. The van der Waals surface area contributed by atoms with E-state index < -0.39 is 0 Å². The average Bonchev–Trinajstić information content (AvgIpc) is 2.95. The Morgan fingerprint density at radius 2 is 1.42 bits per heavy atom. The molecule has 0 amide bonds. The summed E-state index contributed by atoms with van der Waals surface area (Å²) >= 11 is 0. The van der Waals surface area contributed by atoms with Crippen LogP contribution >= 0.6 is 0 Å². The van der Waals surface area contributed by atoms with Crippen LogP contribution in [0.2, 0.25) is 0 Å². The van der Waals surface area contributed by atoms with Crippen LogP contribution in [0.1, 0.15) is 84.0 Å². The zero-order valence-electron chi connectivity index (χ0n) is 13.2. The van der Waals surface area contributed by atoms with Crippen molar-refractivity contribution in [3.8, 4) is 0 Å². The van der Waals surface area contributed by atoms with Gasteiger partial charge in [0.05, 0.1) is 0 Å². The first-order valence-electron chi connectivity index (χ1n) is 8.82. The van der Waals surface area contributed by atoms with Crippen LogP contribution in [0.3, 0.4) is 0 Å². The Bertz CT molecular complexity index is 188. The van der Waals surface area contributed by atoms with Crippen molar-refractivity contribution in [3.63, 3.8) is 0 Å². The fourth-order valence-corrected chi connectivity index (χ4v) is 3.31. The monoisotopic (exact) mass is 268 g/mol. The van der Waals surface area contributed by atoms with Gasteiger partial charge >= 0.3 is 0 Å². The van der Waals surface area contributed by atoms with E-state index in [-0.39, 0.29) is 0 Å². The summed E-state index contributed by atoms with van der Waals surface area (Å²) < 4.78 is 0. The van der Waals surface area contributed by atoms with Gasteiger partial charge in [0.1, 0.15) is 0 Å². The minimum atomic E-state index is 0.847. The summed E-state index contributed by atoms with van der Waals surface area (Å²) in [7, 11) is 0. The number of hydrogen-bond donors (Lipinski definition) is 1. The number of hydrogen-bond acceptors (Lipinski definition) is 2. The van der Waals surface area contributed by atoms with E-state index in [4.69, 9.17) is 5.73 Å². The summed E-state index contributed by atoms with van der Waals surface area (Å²) in [5.41, 5.74) is 5.67. The second-order valence-electron chi connectivity index (χ2n) is 6.24. The lowest BCUT2D eigenvalue weighted by molar-refractivity contribution is 0.193. The highest BCUT2D eigenvalue weighted by Gasteiger charge is 2.21. The predicted molar refractivity (Wildman–Crippen MR) is 85.5 cm³/mol. The first-order valence-corrected chi connectivity index (χ1v) is 8.82. The topological polar surface area (TPSA) is 29.3 Å². The van der Waals surface area contributed by atoms with Gasteiger partial charge in [-0.15, -0.1) is 0 Å². The third-order valence-electron chi connectivity index (χ3n) is 4.54. The minimum absolute atomic E-state index is 0.847. The van der Waals surface area contributed by atoms with Crippen LogP contribution in [-0.2, 0) is 0 Å². The number of unbranched alkanes of at least 4 members (excludes halogenated alkanes) is 6. The van der Waals surface area contributed by atoms with Gasteiger partial charge in [-0.05, 0) is 45.3 Å². The molecule has 114 valence electrons. The summed E-state index contributed by atoms with van der Waals surface area (Å²) in [5, 5.41) is 0. The second kappa shape index (κ2) is 11.7. The summed E-state index contributed by atoms with van der Waals surface area (Å²) in [6.07, 6.45) is 16.9. The van der Waals surface area contributed by atoms with Crippen molar-refractivity contribution in [3.05, 3.63) is 0 Å². The van der Waals surface area contributed by atoms with Crippen molar-refractivity contribution in [1.29, 1.82) is 0 Å². The molecule has 2 heteroatoms. The minimum Gasteiger partial charge on any atom is -0.330 e. The van der Waals surface area contributed by atoms with Crippen molar-refractivity contribution in [1.82, 2.24) is 4.90 Å². The van der Waals surface area contributed by atoms with Crippen LogP contribution in [0, 0.1) is 0 Å². The molecule has 2 nitrogen and oxygen atoms in total. The average molecular weight is 268 g/mol. The van der Waals surface area contributed by atoms with E-state index in [1.165, 1.54) is 90.1 Å². The van der Waals surface area contributed by atoms with Gasteiger partial charge in [0.2, 0.25) is 0 Å². The van der Waals surface area contributed by atoms with Crippen molar-refractivity contribution in [2.24, 2.45) is 5.73 Å². The Morgan fingerprint density at radius 1 is 0.842 bits per heavy atom. The van der Waals surface area contributed by atoms with E-state index in [9.17, 15) is 0 Å². The Labute approximate surface area is 121 Å². The van der Waals surface area contributed by atoms with Crippen LogP contribution in [0.5, 0.6) is 0 Å². The maximum atomic E-state index is 5.67. The van der Waals surface area contributed by atoms with Gasteiger partial charge in [0.15, 0.2) is 0 Å². The quantitative estimate of drug-likeness (QED) is 0.534. The van der Waals surface area contributed by atoms with Gasteiger partial charge in [-0.25, -0.2) is 0 Å². The van der Waals surface area contributed by atoms with E-state index >= 15 is 0 Å². The van der Waals surface area contributed by atoms with Gasteiger partial charge in [-0.3, -0.25) is 0 Å². The van der Waals surface area contributed by atoms with Crippen LogP contribution in [0.25, 0.3) is 0 Å². The lowest BCUT2D eigenvalue weighted by atomic mass is 10.1. The molecule has 1 fully saturated rings. The molecule has 2 N–H and O–H groups in total. The SMILES string of the molecule is CCCCCCCCCN(CCCN)C1CCCC1. The van der Waals surface area contributed by atoms with Gasteiger partial charge in [0, 0.05) is 6.04 Å². The lowest BCUT2D eigenvalue weighted by Crippen LogP contribution is -2.35. The Hall–Kier alpha value is -0.0800. The normalized spacial score (nSPS) is 16.6. The van der Waals surface area contributed by atoms with E-state index in [2.05, 4.69) is 11.8 Å². The molecule has 0 saturated heterocycles. The van der Waals surface area contributed by atoms with Crippen LogP contribution in [0.4, 0.5) is 0 Å². The summed E-state index contributed by atoms with van der Waals surface area (Å²) in [4.78, 5) is 2.74. The molecule has 0 aromatic rings. The highest BCUT2D eigenvalue weighted by Crippen LogP contribution is 2.24. The summed E-state index contributed by atoms with van der Waals surface area (Å²) in [5.74, 6) is 0. The largest absolute Gasteiger partial charge is 0.330 e. The molecule has 0 spiro atoms. The van der Waals surface area contributed by atoms with Crippen molar-refractivity contribution >= 4 is 0 Å². The van der Waals surface area contributed by atoms with Crippen LogP contribution < -0.4 is 5.73 Å². The lowest BCUT2D eigenvalue weighted by Gasteiger charge is -2.28. The first-order chi connectivity index (χ1) is 9.38. The Morgan fingerprint density at radius 3 is 2.05 bits per heavy atom. The molecular formula is C17H36N2. The first kappa shape index (κ1) is 17.0. The zero-order valence-corrected chi connectivity index (χ0v) is 13.2. The highest BCUT2D eigenvalue weighted by atomic mass is 15.2. The number of nitrogens with zero attached hydrogens (tertiary/aromatic N) is 1. The van der Waals surface area contributed by atoms with E-state index in [0.717, 1.165) is 12.6 Å². The van der Waals surface area contributed by atoms with Gasteiger partial charge in [-0.1, -0.05) is 58.3 Å². The maximum Gasteiger partial charge on any atom is 0.00952 e. The van der Waals surface area contributed by atoms with Gasteiger partial charge in [0.25, 0.3) is 0 Å². The molecule has 0 aromatic carbocycles. The van der Waals surface area contributed by atoms with Crippen molar-refractivity contribution in [2.75, 3.05) is 19.6 Å². The summed E-state index contributed by atoms with van der Waals surface area (Å²) in [6, 6.07) is 0.881. The van der Waals surface area contributed by atoms with E-state index in [1.54, 1.807) is 0 Å². The molecule has 0 unspecified atom stereocenters. The smallest absolute Gasteiger partial charge is 0.00952 e. The van der Waals surface area contributed by atoms with E-state index in [1.807, 2.05) is 0 Å². The van der Waals surface area contributed by atoms with Crippen LogP contribution in [-0.4, -0.2) is 30.6 Å². The molecule has 0 bridgehead atoms. The molecule has 1 aliphatic rings. The fraction of sp³-hybridized carbons (Fsp3) is 1.00. The summed E-state index contributed by atoms with van der Waals surface area (Å²) in [6.45, 7) is 5.69. The Kier molecular flexibility index (Phi) is 10.5. The molecule has 0 aromatic heterocycles. The highest BCUT2D eigenvalue weighted by molar-refractivity contribution is 4.77. The van der Waals surface area contributed by atoms with Crippen molar-refractivity contribution < 1.29 is 0 Å². The second-order valence-corrected chi connectivity index (χ2v) is 6.24. The van der Waals surface area contributed by atoms with E-state index in [0.29, 0.717) is 0 Å². The molecule has 1 rings (SSSR count). The molecule has 0 atom stereocenters.